The van der Waals surface area contributed by atoms with Crippen LogP contribution in [0.15, 0.2) is 66.2 Å². The van der Waals surface area contributed by atoms with Crippen molar-refractivity contribution in [2.24, 2.45) is 0 Å². The first-order chi connectivity index (χ1) is 16.9. The van der Waals surface area contributed by atoms with Crippen LogP contribution in [0.1, 0.15) is 18.1 Å². The number of hydrogen-bond acceptors (Lipinski definition) is 6. The number of pyridine rings is 1. The van der Waals surface area contributed by atoms with Crippen LogP contribution in [-0.2, 0) is 9.59 Å². The summed E-state index contributed by atoms with van der Waals surface area (Å²) in [5.74, 6) is 0.0158. The molecular formula is C27H24N4O3S. The summed E-state index contributed by atoms with van der Waals surface area (Å²) in [6.45, 7) is 5.52. The smallest absolute Gasteiger partial charge is 0.265 e. The van der Waals surface area contributed by atoms with Crippen LogP contribution in [0.5, 0.6) is 5.75 Å². The number of aryl methyl sites for hydroxylation is 2. The van der Waals surface area contributed by atoms with Crippen molar-refractivity contribution in [2.45, 2.75) is 26.8 Å². The Morgan fingerprint density at radius 1 is 1.11 bits per heavy atom. The van der Waals surface area contributed by atoms with Crippen LogP contribution in [0.4, 0.5) is 11.4 Å². The van der Waals surface area contributed by atoms with E-state index in [2.05, 4.69) is 10.3 Å². The number of hydrogen-bond donors (Lipinski definition) is 1. The molecule has 7 nitrogen and oxygen atoms in total. The number of rotatable bonds is 5. The fraction of sp³-hybridized carbons (Fsp3) is 0.185. The number of thiazole rings is 1. The van der Waals surface area contributed by atoms with Gasteiger partial charge < -0.3 is 10.1 Å². The number of carbonyl (C=O) groups excluding carboxylic acids is 2. The van der Waals surface area contributed by atoms with E-state index in [0.29, 0.717) is 11.4 Å². The average molecular weight is 485 g/mol. The summed E-state index contributed by atoms with van der Waals surface area (Å²) in [6, 6.07) is 16.4. The monoisotopic (exact) mass is 484 g/mol. The van der Waals surface area contributed by atoms with Crippen molar-refractivity contribution < 1.29 is 14.3 Å². The highest BCUT2D eigenvalue weighted by molar-refractivity contribution is 7.13. The third-order valence-corrected chi connectivity index (χ3v) is 6.80. The Bertz CT molecular complexity index is 1420. The first-order valence-corrected chi connectivity index (χ1v) is 12.1. The number of amides is 2. The van der Waals surface area contributed by atoms with Gasteiger partial charge in [0.25, 0.3) is 5.91 Å². The van der Waals surface area contributed by atoms with Crippen molar-refractivity contribution in [3.05, 3.63) is 77.3 Å². The van der Waals surface area contributed by atoms with Crippen LogP contribution in [0.2, 0.25) is 0 Å². The lowest BCUT2D eigenvalue weighted by atomic mass is 10.1. The summed E-state index contributed by atoms with van der Waals surface area (Å²) in [5.41, 5.74) is 5.69. The lowest BCUT2D eigenvalue weighted by Crippen LogP contribution is -2.49. The Hall–Kier alpha value is -4.04. The number of ether oxygens (including phenoxy) is 1. The van der Waals surface area contributed by atoms with E-state index in [0.717, 1.165) is 38.8 Å². The van der Waals surface area contributed by atoms with Crippen LogP contribution < -0.4 is 15.0 Å². The highest BCUT2D eigenvalue weighted by Crippen LogP contribution is 2.38. The first kappa shape index (κ1) is 22.7. The van der Waals surface area contributed by atoms with Gasteiger partial charge in [-0.2, -0.15) is 0 Å². The van der Waals surface area contributed by atoms with Gasteiger partial charge in [0.15, 0.2) is 6.61 Å². The highest BCUT2D eigenvalue weighted by atomic mass is 32.1. The Morgan fingerprint density at radius 2 is 1.97 bits per heavy atom. The van der Waals surface area contributed by atoms with E-state index in [1.807, 2.05) is 73.8 Å². The average Bonchev–Trinajstić information content (AvgIpc) is 3.36. The van der Waals surface area contributed by atoms with Gasteiger partial charge in [0.05, 0.1) is 17.1 Å². The standard InChI is InChI=1S/C27H24N4O3S/c1-16-7-8-17(2)21(12-16)29-26(33)18(3)31-23-13-19(9-10-24(23)34-14-25(31)32)22-15-35-27(30-22)20-6-4-5-11-28-20/h4-13,15,18H,14H2,1-3H3,(H,29,33). The first-order valence-electron chi connectivity index (χ1n) is 11.2. The van der Waals surface area contributed by atoms with E-state index in [1.54, 1.807) is 13.1 Å². The Kier molecular flexibility index (Phi) is 6.05. The van der Waals surface area contributed by atoms with Gasteiger partial charge in [0.1, 0.15) is 16.8 Å². The van der Waals surface area contributed by atoms with Crippen molar-refractivity contribution in [3.63, 3.8) is 0 Å². The summed E-state index contributed by atoms with van der Waals surface area (Å²) < 4.78 is 5.66. The van der Waals surface area contributed by atoms with E-state index in [9.17, 15) is 9.59 Å². The molecule has 2 aromatic carbocycles. The second-order valence-electron chi connectivity index (χ2n) is 8.47. The molecule has 1 aliphatic rings. The summed E-state index contributed by atoms with van der Waals surface area (Å²) in [7, 11) is 0. The molecule has 0 radical (unpaired) electrons. The predicted octanol–water partition coefficient (Wildman–Crippen LogP) is 5.24. The zero-order valence-electron chi connectivity index (χ0n) is 19.6. The SMILES string of the molecule is Cc1ccc(C)c(NC(=O)C(C)N2C(=O)COc3ccc(-c4csc(-c5ccccn5)n4)cc32)c1. The quantitative estimate of drug-likeness (QED) is 0.419. The van der Waals surface area contributed by atoms with Gasteiger partial charge >= 0.3 is 0 Å². The van der Waals surface area contributed by atoms with E-state index >= 15 is 0 Å². The molecule has 8 heteroatoms. The number of benzene rings is 2. The second-order valence-corrected chi connectivity index (χ2v) is 9.33. The minimum absolute atomic E-state index is 0.117. The molecule has 4 aromatic rings. The van der Waals surface area contributed by atoms with Crippen molar-refractivity contribution in [1.29, 1.82) is 0 Å². The van der Waals surface area contributed by atoms with Crippen LogP contribution in [0.25, 0.3) is 22.0 Å². The topological polar surface area (TPSA) is 84.4 Å². The van der Waals surface area contributed by atoms with Gasteiger partial charge in [-0.05, 0) is 68.3 Å². The second kappa shape index (κ2) is 9.31. The normalized spacial score (nSPS) is 13.7. The molecule has 5 rings (SSSR count). The third kappa shape index (κ3) is 4.52. The van der Waals surface area contributed by atoms with Gasteiger partial charge in [-0.15, -0.1) is 11.3 Å². The van der Waals surface area contributed by atoms with Gasteiger partial charge in [-0.1, -0.05) is 18.2 Å². The number of anilines is 2. The molecule has 35 heavy (non-hydrogen) atoms. The molecule has 0 spiro atoms. The Balaban J connectivity index is 1.45. The van der Waals surface area contributed by atoms with Crippen molar-refractivity contribution in [2.75, 3.05) is 16.8 Å². The molecule has 0 saturated heterocycles. The summed E-state index contributed by atoms with van der Waals surface area (Å²) >= 11 is 1.50. The zero-order valence-corrected chi connectivity index (χ0v) is 20.4. The van der Waals surface area contributed by atoms with E-state index < -0.39 is 6.04 Å². The zero-order chi connectivity index (χ0) is 24.5. The van der Waals surface area contributed by atoms with Crippen molar-refractivity contribution in [3.8, 4) is 27.7 Å². The van der Waals surface area contributed by atoms with Gasteiger partial charge in [-0.3, -0.25) is 19.5 Å². The minimum Gasteiger partial charge on any atom is -0.482 e. The molecule has 1 unspecified atom stereocenters. The fourth-order valence-corrected chi connectivity index (χ4v) is 4.80. The summed E-state index contributed by atoms with van der Waals surface area (Å²) in [6.07, 6.45) is 1.74. The Labute approximate surface area is 207 Å². The third-order valence-electron chi connectivity index (χ3n) is 5.94. The lowest BCUT2D eigenvalue weighted by Gasteiger charge is -2.33. The number of nitrogens with one attached hydrogen (secondary N) is 1. The fourth-order valence-electron chi connectivity index (χ4n) is 3.99. The molecule has 176 valence electrons. The van der Waals surface area contributed by atoms with Gasteiger partial charge in [0, 0.05) is 22.8 Å². The predicted molar refractivity (Wildman–Crippen MR) is 138 cm³/mol. The molecule has 1 atom stereocenters. The maximum Gasteiger partial charge on any atom is 0.265 e. The molecule has 0 fully saturated rings. The molecule has 1 aliphatic heterocycles. The number of nitrogens with zero attached hydrogens (tertiary/aromatic N) is 3. The molecule has 3 heterocycles. The number of carbonyl (C=O) groups is 2. The van der Waals surface area contributed by atoms with E-state index in [-0.39, 0.29) is 18.4 Å². The van der Waals surface area contributed by atoms with Gasteiger partial charge in [-0.25, -0.2) is 4.98 Å². The van der Waals surface area contributed by atoms with Gasteiger partial charge in [0.2, 0.25) is 5.91 Å². The maximum atomic E-state index is 13.2. The van der Waals surface area contributed by atoms with Crippen LogP contribution in [0.3, 0.4) is 0 Å². The maximum absolute atomic E-state index is 13.2. The van der Waals surface area contributed by atoms with E-state index in [1.165, 1.54) is 16.2 Å². The van der Waals surface area contributed by atoms with Crippen LogP contribution in [-0.4, -0.2) is 34.4 Å². The Morgan fingerprint density at radius 3 is 2.77 bits per heavy atom. The lowest BCUT2D eigenvalue weighted by molar-refractivity contribution is -0.125. The van der Waals surface area contributed by atoms with E-state index in [4.69, 9.17) is 9.72 Å². The number of aromatic nitrogens is 2. The highest BCUT2D eigenvalue weighted by Gasteiger charge is 2.33. The minimum atomic E-state index is -0.736. The molecule has 1 N–H and O–H groups in total. The van der Waals surface area contributed by atoms with Crippen molar-refractivity contribution >= 4 is 34.5 Å². The summed E-state index contributed by atoms with van der Waals surface area (Å²) in [4.78, 5) is 36.7. The molecule has 2 aromatic heterocycles. The largest absolute Gasteiger partial charge is 0.482 e. The molecule has 0 aliphatic carbocycles. The van der Waals surface area contributed by atoms with Crippen molar-refractivity contribution in [1.82, 2.24) is 9.97 Å². The molecule has 0 saturated carbocycles. The summed E-state index contributed by atoms with van der Waals surface area (Å²) in [5, 5.41) is 5.74. The van der Waals surface area contributed by atoms with Crippen LogP contribution >= 0.6 is 11.3 Å². The molecule has 2 amide bonds. The molecule has 0 bridgehead atoms. The molecular weight excluding hydrogens is 460 g/mol. The van der Waals surface area contributed by atoms with Crippen LogP contribution in [0, 0.1) is 13.8 Å². The number of fused-ring (bicyclic) bond motifs is 1.